The summed E-state index contributed by atoms with van der Waals surface area (Å²) in [6, 6.07) is 6.39. The molecular formula is C18H26ClNO. The third-order valence-corrected chi connectivity index (χ3v) is 5.66. The molecule has 3 atom stereocenters. The van der Waals surface area contributed by atoms with Crippen LogP contribution >= 0.6 is 11.6 Å². The van der Waals surface area contributed by atoms with Gasteiger partial charge in [0.2, 0.25) is 0 Å². The van der Waals surface area contributed by atoms with Crippen LogP contribution in [0.3, 0.4) is 0 Å². The maximum atomic E-state index is 6.52. The molecule has 3 unspecified atom stereocenters. The maximum absolute atomic E-state index is 6.52. The normalized spacial score (nSPS) is 32.3. The number of ether oxygens (including phenoxy) is 1. The van der Waals surface area contributed by atoms with Gasteiger partial charge in [0, 0.05) is 23.0 Å². The van der Waals surface area contributed by atoms with Crippen LogP contribution in [0.4, 0.5) is 0 Å². The molecule has 0 bridgehead atoms. The Labute approximate surface area is 133 Å². The van der Waals surface area contributed by atoms with Crippen molar-refractivity contribution < 1.29 is 4.74 Å². The SMILES string of the molecule is CCC1CCCC2(CC1)CC(NC)c1cc(Cl)ccc1O2. The van der Waals surface area contributed by atoms with Crippen molar-refractivity contribution in [1.82, 2.24) is 5.32 Å². The lowest BCUT2D eigenvalue weighted by atomic mass is 9.82. The summed E-state index contributed by atoms with van der Waals surface area (Å²) in [6.45, 7) is 2.32. The molecule has 116 valence electrons. The van der Waals surface area contributed by atoms with Crippen LogP contribution in [0.25, 0.3) is 0 Å². The first-order valence-electron chi connectivity index (χ1n) is 8.31. The molecule has 1 fully saturated rings. The second-order valence-electron chi connectivity index (χ2n) is 6.72. The van der Waals surface area contributed by atoms with E-state index in [-0.39, 0.29) is 5.60 Å². The molecular weight excluding hydrogens is 282 g/mol. The van der Waals surface area contributed by atoms with Gasteiger partial charge in [-0.3, -0.25) is 0 Å². The Kier molecular flexibility index (Phi) is 4.46. The molecule has 1 aromatic carbocycles. The Morgan fingerprint density at radius 3 is 2.95 bits per heavy atom. The average molecular weight is 308 g/mol. The zero-order chi connectivity index (χ0) is 14.9. The van der Waals surface area contributed by atoms with Gasteiger partial charge < -0.3 is 10.1 Å². The van der Waals surface area contributed by atoms with Crippen LogP contribution in [0.1, 0.15) is 63.5 Å². The van der Waals surface area contributed by atoms with Crippen LogP contribution in [0.2, 0.25) is 5.02 Å². The van der Waals surface area contributed by atoms with E-state index >= 15 is 0 Å². The van der Waals surface area contributed by atoms with Gasteiger partial charge in [-0.2, -0.15) is 0 Å². The van der Waals surface area contributed by atoms with Gasteiger partial charge in [-0.15, -0.1) is 0 Å². The van der Waals surface area contributed by atoms with E-state index < -0.39 is 0 Å². The zero-order valence-electron chi connectivity index (χ0n) is 13.1. The van der Waals surface area contributed by atoms with Gasteiger partial charge >= 0.3 is 0 Å². The van der Waals surface area contributed by atoms with Gasteiger partial charge in [-0.05, 0) is 56.8 Å². The van der Waals surface area contributed by atoms with Crippen molar-refractivity contribution in [1.29, 1.82) is 0 Å². The van der Waals surface area contributed by atoms with Crippen LogP contribution in [-0.4, -0.2) is 12.6 Å². The van der Waals surface area contributed by atoms with Crippen LogP contribution < -0.4 is 10.1 Å². The van der Waals surface area contributed by atoms with Crippen molar-refractivity contribution in [3.8, 4) is 5.75 Å². The summed E-state index contributed by atoms with van der Waals surface area (Å²) < 4.78 is 6.52. The third kappa shape index (κ3) is 3.07. The lowest BCUT2D eigenvalue weighted by molar-refractivity contribution is 0.0162. The molecule has 0 amide bonds. The molecule has 1 spiro atoms. The van der Waals surface area contributed by atoms with E-state index in [1.54, 1.807) is 0 Å². The summed E-state index contributed by atoms with van der Waals surface area (Å²) in [6.07, 6.45) is 8.69. The Hall–Kier alpha value is -0.730. The summed E-state index contributed by atoms with van der Waals surface area (Å²) in [5.74, 6) is 1.91. The predicted molar refractivity (Wildman–Crippen MR) is 88.1 cm³/mol. The topological polar surface area (TPSA) is 21.3 Å². The van der Waals surface area contributed by atoms with E-state index in [0.717, 1.165) is 23.1 Å². The van der Waals surface area contributed by atoms with Crippen molar-refractivity contribution in [2.45, 2.75) is 63.5 Å². The van der Waals surface area contributed by atoms with E-state index in [1.165, 1.54) is 44.1 Å². The molecule has 1 N–H and O–H groups in total. The lowest BCUT2D eigenvalue weighted by Gasteiger charge is -2.42. The third-order valence-electron chi connectivity index (χ3n) is 5.43. The fraction of sp³-hybridized carbons (Fsp3) is 0.667. The number of halogens is 1. The first-order valence-corrected chi connectivity index (χ1v) is 8.69. The van der Waals surface area contributed by atoms with Crippen molar-refractivity contribution >= 4 is 11.6 Å². The summed E-state index contributed by atoms with van der Waals surface area (Å²) in [4.78, 5) is 0. The van der Waals surface area contributed by atoms with E-state index in [4.69, 9.17) is 16.3 Å². The number of benzene rings is 1. The number of rotatable bonds is 2. The largest absolute Gasteiger partial charge is 0.487 e. The highest BCUT2D eigenvalue weighted by Crippen LogP contribution is 2.46. The zero-order valence-corrected chi connectivity index (χ0v) is 13.9. The highest BCUT2D eigenvalue weighted by Gasteiger charge is 2.41. The number of nitrogens with one attached hydrogen (secondary N) is 1. The number of fused-ring (bicyclic) bond motifs is 1. The average Bonchev–Trinajstić information content (AvgIpc) is 2.69. The highest BCUT2D eigenvalue weighted by molar-refractivity contribution is 6.30. The van der Waals surface area contributed by atoms with Crippen molar-refractivity contribution in [3.05, 3.63) is 28.8 Å². The minimum absolute atomic E-state index is 0.0262. The summed E-state index contributed by atoms with van der Waals surface area (Å²) in [5.41, 5.74) is 1.24. The molecule has 3 heteroatoms. The Morgan fingerprint density at radius 2 is 2.19 bits per heavy atom. The first kappa shape index (κ1) is 15.2. The fourth-order valence-electron chi connectivity index (χ4n) is 4.06. The summed E-state index contributed by atoms with van der Waals surface area (Å²) in [5, 5.41) is 4.26. The van der Waals surface area contributed by atoms with Crippen molar-refractivity contribution in [3.63, 3.8) is 0 Å². The quantitative estimate of drug-likeness (QED) is 0.819. The van der Waals surface area contributed by atoms with Crippen LogP contribution in [-0.2, 0) is 0 Å². The minimum atomic E-state index is 0.0262. The monoisotopic (exact) mass is 307 g/mol. The molecule has 2 aliphatic rings. The molecule has 21 heavy (non-hydrogen) atoms. The van der Waals surface area contributed by atoms with Crippen LogP contribution in [0.5, 0.6) is 5.75 Å². The lowest BCUT2D eigenvalue weighted by Crippen LogP contribution is -2.43. The molecule has 1 aliphatic heterocycles. The van der Waals surface area contributed by atoms with Crippen molar-refractivity contribution in [2.24, 2.45) is 5.92 Å². The maximum Gasteiger partial charge on any atom is 0.125 e. The van der Waals surface area contributed by atoms with E-state index in [0.29, 0.717) is 6.04 Å². The molecule has 1 aliphatic carbocycles. The van der Waals surface area contributed by atoms with Gasteiger partial charge in [-0.25, -0.2) is 0 Å². The summed E-state index contributed by atoms with van der Waals surface area (Å²) >= 11 is 6.16. The van der Waals surface area contributed by atoms with Crippen molar-refractivity contribution in [2.75, 3.05) is 7.05 Å². The fourth-order valence-corrected chi connectivity index (χ4v) is 4.24. The standard InChI is InChI=1S/C18H26ClNO/c1-3-13-5-4-9-18(10-8-13)12-16(20-2)15-11-14(19)6-7-17(15)21-18/h6-7,11,13,16,20H,3-5,8-10,12H2,1-2H3. The molecule has 1 saturated carbocycles. The molecule has 1 aromatic rings. The number of hydrogen-bond acceptors (Lipinski definition) is 2. The molecule has 0 saturated heterocycles. The Bertz CT molecular complexity index is 504. The van der Waals surface area contributed by atoms with Crippen LogP contribution in [0, 0.1) is 5.92 Å². The molecule has 0 aromatic heterocycles. The van der Waals surface area contributed by atoms with Gasteiger partial charge in [0.15, 0.2) is 0 Å². The Morgan fingerprint density at radius 1 is 1.33 bits per heavy atom. The number of hydrogen-bond donors (Lipinski definition) is 1. The summed E-state index contributed by atoms with van der Waals surface area (Å²) in [7, 11) is 2.04. The molecule has 3 rings (SSSR count). The smallest absolute Gasteiger partial charge is 0.125 e. The van der Waals surface area contributed by atoms with Gasteiger partial charge in [0.25, 0.3) is 0 Å². The first-order chi connectivity index (χ1) is 10.2. The molecule has 2 nitrogen and oxygen atoms in total. The molecule has 1 heterocycles. The van der Waals surface area contributed by atoms with Gasteiger partial charge in [0.1, 0.15) is 11.4 Å². The van der Waals surface area contributed by atoms with E-state index in [1.807, 2.05) is 19.2 Å². The second-order valence-corrected chi connectivity index (χ2v) is 7.15. The van der Waals surface area contributed by atoms with E-state index in [9.17, 15) is 0 Å². The minimum Gasteiger partial charge on any atom is -0.487 e. The Balaban J connectivity index is 1.87. The second kappa shape index (κ2) is 6.18. The van der Waals surface area contributed by atoms with Gasteiger partial charge in [-0.1, -0.05) is 31.4 Å². The van der Waals surface area contributed by atoms with Crippen LogP contribution in [0.15, 0.2) is 18.2 Å². The highest BCUT2D eigenvalue weighted by atomic mass is 35.5. The predicted octanol–water partition coefficient (Wildman–Crippen LogP) is 5.11. The van der Waals surface area contributed by atoms with Gasteiger partial charge in [0.05, 0.1) is 0 Å². The molecule has 0 radical (unpaired) electrons. The van der Waals surface area contributed by atoms with E-state index in [2.05, 4.69) is 18.3 Å².